The van der Waals surface area contributed by atoms with Gasteiger partial charge in [0, 0.05) is 50.0 Å². The standard InChI is InChI=1S/C27H41N5O5S/c1-5-17(2)21(25(35)29-11-12-32-24(34)14-18(3)26(32)36)15-23(33)22(10-13-38-4)31-27(37)30-20-8-6-19(16-28)7-9-20/h6-9,17-18,21-22H,5,10-16,28H2,1-4H3,(H,29,35)(H2,30,31,37)/t17-,18?,21-,22-/m0/s1. The maximum Gasteiger partial charge on any atom is 0.319 e. The van der Waals surface area contributed by atoms with Gasteiger partial charge in [-0.05, 0) is 42.0 Å². The summed E-state index contributed by atoms with van der Waals surface area (Å²) in [6.07, 6.45) is 3.21. The Morgan fingerprint density at radius 3 is 2.42 bits per heavy atom. The van der Waals surface area contributed by atoms with E-state index in [-0.39, 0.29) is 61.3 Å². The lowest BCUT2D eigenvalue weighted by molar-refractivity contribution is -0.139. The molecule has 0 aliphatic carbocycles. The number of nitrogens with two attached hydrogens (primary N) is 1. The van der Waals surface area contributed by atoms with Gasteiger partial charge in [0.25, 0.3) is 0 Å². The van der Waals surface area contributed by atoms with Crippen LogP contribution in [0.15, 0.2) is 24.3 Å². The first-order valence-corrected chi connectivity index (χ1v) is 14.5. The molecule has 1 unspecified atom stereocenters. The van der Waals surface area contributed by atoms with E-state index in [1.54, 1.807) is 30.8 Å². The van der Waals surface area contributed by atoms with Gasteiger partial charge in [-0.2, -0.15) is 11.8 Å². The number of thioether (sulfide) groups is 1. The van der Waals surface area contributed by atoms with Gasteiger partial charge in [0.1, 0.15) is 0 Å². The molecular weight excluding hydrogens is 506 g/mol. The fourth-order valence-corrected chi connectivity index (χ4v) is 4.77. The van der Waals surface area contributed by atoms with Crippen LogP contribution < -0.4 is 21.7 Å². The molecular formula is C27H41N5O5S. The number of benzene rings is 1. The minimum absolute atomic E-state index is 0.0238. The van der Waals surface area contributed by atoms with Gasteiger partial charge in [-0.3, -0.25) is 24.1 Å². The highest BCUT2D eigenvalue weighted by Crippen LogP contribution is 2.22. The minimum Gasteiger partial charge on any atom is -0.354 e. The van der Waals surface area contributed by atoms with E-state index in [0.717, 1.165) is 5.56 Å². The topological polar surface area (TPSA) is 151 Å². The molecule has 1 aromatic carbocycles. The Kier molecular flexibility index (Phi) is 12.8. The zero-order valence-corrected chi connectivity index (χ0v) is 23.6. The van der Waals surface area contributed by atoms with Crippen LogP contribution in [0.4, 0.5) is 10.5 Å². The quantitative estimate of drug-likeness (QED) is 0.246. The van der Waals surface area contributed by atoms with E-state index in [9.17, 15) is 24.0 Å². The summed E-state index contributed by atoms with van der Waals surface area (Å²) in [6, 6.07) is 5.88. The maximum absolute atomic E-state index is 13.3. The molecule has 0 saturated carbocycles. The van der Waals surface area contributed by atoms with Gasteiger partial charge < -0.3 is 21.7 Å². The molecule has 11 heteroatoms. The number of hydrogen-bond donors (Lipinski definition) is 4. The molecule has 1 fully saturated rings. The predicted octanol–water partition coefficient (Wildman–Crippen LogP) is 2.52. The van der Waals surface area contributed by atoms with Crippen LogP contribution in [0.25, 0.3) is 0 Å². The van der Waals surface area contributed by atoms with Gasteiger partial charge in [-0.25, -0.2) is 4.79 Å². The van der Waals surface area contributed by atoms with Crippen molar-refractivity contribution in [2.24, 2.45) is 23.5 Å². The molecule has 1 heterocycles. The molecule has 1 saturated heterocycles. The van der Waals surface area contributed by atoms with E-state index in [4.69, 9.17) is 5.73 Å². The molecule has 0 bridgehead atoms. The Labute approximate surface area is 229 Å². The van der Waals surface area contributed by atoms with Crippen LogP contribution in [0.5, 0.6) is 0 Å². The molecule has 5 N–H and O–H groups in total. The summed E-state index contributed by atoms with van der Waals surface area (Å²) in [5, 5.41) is 8.32. The molecule has 1 aliphatic heterocycles. The van der Waals surface area contributed by atoms with Crippen molar-refractivity contribution in [3.8, 4) is 0 Å². The second-order valence-corrected chi connectivity index (χ2v) is 10.8. The molecule has 38 heavy (non-hydrogen) atoms. The average molecular weight is 548 g/mol. The molecule has 1 aliphatic rings. The second kappa shape index (κ2) is 15.5. The van der Waals surface area contributed by atoms with Crippen LogP contribution in [0.2, 0.25) is 0 Å². The van der Waals surface area contributed by atoms with Crippen LogP contribution >= 0.6 is 11.8 Å². The number of rotatable bonds is 15. The highest BCUT2D eigenvalue weighted by molar-refractivity contribution is 7.98. The Morgan fingerprint density at radius 1 is 1.18 bits per heavy atom. The first-order valence-electron chi connectivity index (χ1n) is 13.1. The summed E-state index contributed by atoms with van der Waals surface area (Å²) in [4.78, 5) is 64.3. The lowest BCUT2D eigenvalue weighted by atomic mass is 9.85. The summed E-state index contributed by atoms with van der Waals surface area (Å²) in [6.45, 7) is 6.21. The van der Waals surface area contributed by atoms with Crippen molar-refractivity contribution in [1.82, 2.24) is 15.5 Å². The summed E-state index contributed by atoms with van der Waals surface area (Å²) in [7, 11) is 0. The molecule has 0 radical (unpaired) electrons. The monoisotopic (exact) mass is 547 g/mol. The molecule has 5 amide bonds. The Morgan fingerprint density at radius 2 is 1.87 bits per heavy atom. The molecule has 210 valence electrons. The van der Waals surface area contributed by atoms with Crippen LogP contribution in [0.3, 0.4) is 0 Å². The molecule has 10 nitrogen and oxygen atoms in total. The SMILES string of the molecule is CC[C@H](C)[C@H](CC(=O)[C@H](CCSC)NC(=O)Nc1ccc(CN)cc1)C(=O)NCCN1C(=O)CC(C)C1=O. The van der Waals surface area contributed by atoms with Crippen molar-refractivity contribution in [2.45, 2.75) is 59.0 Å². The molecule has 2 rings (SSSR count). The molecule has 1 aromatic rings. The first-order chi connectivity index (χ1) is 18.1. The number of likely N-dealkylation sites (tertiary alicyclic amines) is 1. The van der Waals surface area contributed by atoms with Gasteiger partial charge >= 0.3 is 6.03 Å². The number of amides is 5. The number of Topliss-reactive ketones (excluding diaryl/α,β-unsaturated/α-hetero) is 1. The Bertz CT molecular complexity index is 987. The maximum atomic E-state index is 13.3. The third-order valence-electron chi connectivity index (χ3n) is 6.94. The normalized spacial score (nSPS) is 17.6. The predicted molar refractivity (Wildman–Crippen MR) is 149 cm³/mol. The Hall–Kier alpha value is -2.92. The molecule has 4 atom stereocenters. The van der Waals surface area contributed by atoms with Crippen molar-refractivity contribution >= 4 is 47.0 Å². The van der Waals surface area contributed by atoms with Gasteiger partial charge in [-0.15, -0.1) is 0 Å². The van der Waals surface area contributed by atoms with Gasteiger partial charge in [0.15, 0.2) is 5.78 Å². The number of nitrogens with one attached hydrogen (secondary N) is 3. The number of hydrogen-bond acceptors (Lipinski definition) is 7. The van der Waals surface area contributed by atoms with Crippen molar-refractivity contribution in [3.63, 3.8) is 0 Å². The van der Waals surface area contributed by atoms with E-state index >= 15 is 0 Å². The number of urea groups is 1. The van der Waals surface area contributed by atoms with Crippen LogP contribution in [-0.4, -0.2) is 65.6 Å². The highest BCUT2D eigenvalue weighted by Gasteiger charge is 2.35. The van der Waals surface area contributed by atoms with Crippen molar-refractivity contribution in [3.05, 3.63) is 29.8 Å². The largest absolute Gasteiger partial charge is 0.354 e. The van der Waals surface area contributed by atoms with Crippen LogP contribution in [0, 0.1) is 17.8 Å². The third kappa shape index (κ3) is 9.13. The molecule has 0 aromatic heterocycles. The number of anilines is 1. The highest BCUT2D eigenvalue weighted by atomic mass is 32.2. The van der Waals surface area contributed by atoms with Crippen LogP contribution in [-0.2, 0) is 25.7 Å². The smallest absolute Gasteiger partial charge is 0.319 e. The lowest BCUT2D eigenvalue weighted by Gasteiger charge is -2.25. The van der Waals surface area contributed by atoms with E-state index in [0.29, 0.717) is 30.8 Å². The zero-order valence-electron chi connectivity index (χ0n) is 22.7. The first kappa shape index (κ1) is 31.3. The molecule has 0 spiro atoms. The number of imide groups is 1. The fraction of sp³-hybridized carbons (Fsp3) is 0.593. The number of ketones is 1. The van der Waals surface area contributed by atoms with Gasteiger partial charge in [0.05, 0.1) is 6.04 Å². The van der Waals surface area contributed by atoms with E-state index in [1.807, 2.05) is 32.2 Å². The third-order valence-corrected chi connectivity index (χ3v) is 7.59. The van der Waals surface area contributed by atoms with E-state index < -0.39 is 18.0 Å². The number of carbonyl (C=O) groups is 5. The van der Waals surface area contributed by atoms with Gasteiger partial charge in [-0.1, -0.05) is 39.3 Å². The summed E-state index contributed by atoms with van der Waals surface area (Å²) < 4.78 is 0. The Balaban J connectivity index is 2.00. The second-order valence-electron chi connectivity index (χ2n) is 9.78. The van der Waals surface area contributed by atoms with Crippen molar-refractivity contribution in [1.29, 1.82) is 0 Å². The zero-order chi connectivity index (χ0) is 28.2. The lowest BCUT2D eigenvalue weighted by Crippen LogP contribution is -2.46. The van der Waals surface area contributed by atoms with Crippen molar-refractivity contribution in [2.75, 3.05) is 30.4 Å². The minimum atomic E-state index is -0.744. The average Bonchev–Trinajstić information content (AvgIpc) is 3.15. The fourth-order valence-electron chi connectivity index (χ4n) is 4.30. The summed E-state index contributed by atoms with van der Waals surface area (Å²) >= 11 is 1.57. The van der Waals surface area contributed by atoms with Gasteiger partial charge in [0.2, 0.25) is 17.7 Å². The van der Waals surface area contributed by atoms with E-state index in [2.05, 4.69) is 16.0 Å². The van der Waals surface area contributed by atoms with Crippen LogP contribution in [0.1, 0.15) is 52.0 Å². The van der Waals surface area contributed by atoms with Crippen molar-refractivity contribution < 1.29 is 24.0 Å². The number of carbonyl (C=O) groups excluding carboxylic acids is 5. The summed E-state index contributed by atoms with van der Waals surface area (Å²) in [5.41, 5.74) is 7.13. The van der Waals surface area contributed by atoms with E-state index in [1.165, 1.54) is 4.90 Å². The summed E-state index contributed by atoms with van der Waals surface area (Å²) in [5.74, 6) is -1.32. The number of nitrogens with zero attached hydrogens (tertiary/aromatic N) is 1.